The zero-order valence-corrected chi connectivity index (χ0v) is 14.5. The smallest absolute Gasteiger partial charge is 0.146 e. The summed E-state index contributed by atoms with van der Waals surface area (Å²) in [7, 11) is 0. The number of nitrogens with two attached hydrogens (primary N) is 1. The fourth-order valence-corrected chi connectivity index (χ4v) is 3.59. The quantitative estimate of drug-likeness (QED) is 0.693. The Morgan fingerprint density at radius 3 is 2.96 bits per heavy atom. The maximum absolute atomic E-state index is 6.21. The number of nitrogens with zero attached hydrogens (tertiary/aromatic N) is 3. The second kappa shape index (κ2) is 6.45. The molecule has 124 valence electrons. The van der Waals surface area contributed by atoms with E-state index < -0.39 is 0 Å². The fraction of sp³-hybridized carbons (Fsp3) is 0.333. The van der Waals surface area contributed by atoms with Gasteiger partial charge in [0.1, 0.15) is 17.8 Å². The summed E-state index contributed by atoms with van der Waals surface area (Å²) in [5, 5.41) is 0.972. The van der Waals surface area contributed by atoms with Gasteiger partial charge in [-0.3, -0.25) is 4.72 Å². The molecule has 0 aliphatic heterocycles. The molecule has 0 atom stereocenters. The van der Waals surface area contributed by atoms with Crippen LogP contribution in [0.5, 0.6) is 0 Å². The lowest BCUT2D eigenvalue weighted by Gasteiger charge is -2.27. The number of benzene rings is 1. The van der Waals surface area contributed by atoms with Crippen LogP contribution in [0.1, 0.15) is 30.9 Å². The van der Waals surface area contributed by atoms with E-state index in [0.29, 0.717) is 11.9 Å². The minimum atomic E-state index is 0.539. The van der Waals surface area contributed by atoms with Crippen LogP contribution in [0.2, 0.25) is 0 Å². The molecule has 1 saturated carbocycles. The lowest BCUT2D eigenvalue weighted by molar-refractivity contribution is 0.320. The van der Waals surface area contributed by atoms with Crippen molar-refractivity contribution in [2.24, 2.45) is 0 Å². The highest BCUT2D eigenvalue weighted by molar-refractivity contribution is 7.96. The molecule has 3 aromatic rings. The summed E-state index contributed by atoms with van der Waals surface area (Å²) in [5.41, 5.74) is 10.7. The molecule has 0 spiro atoms. The molecule has 0 amide bonds. The number of hydrogen-bond donors (Lipinski definition) is 2. The monoisotopic (exact) mass is 339 g/mol. The molecule has 0 saturated heterocycles. The Hall–Kier alpha value is -2.05. The van der Waals surface area contributed by atoms with Crippen LogP contribution in [0, 0.1) is 0 Å². The fourth-order valence-electron chi connectivity index (χ4n) is 3.27. The van der Waals surface area contributed by atoms with E-state index in [2.05, 4.69) is 49.7 Å². The van der Waals surface area contributed by atoms with Crippen molar-refractivity contribution in [1.29, 1.82) is 0 Å². The molecule has 3 N–H and O–H groups in total. The minimum absolute atomic E-state index is 0.539. The molecule has 0 unspecified atom stereocenters. The summed E-state index contributed by atoms with van der Waals surface area (Å²) in [6.45, 7) is 0.836. The Morgan fingerprint density at radius 1 is 1.33 bits per heavy atom. The van der Waals surface area contributed by atoms with Crippen molar-refractivity contribution in [3.8, 4) is 11.1 Å². The largest absolute Gasteiger partial charge is 0.383 e. The van der Waals surface area contributed by atoms with Crippen LogP contribution in [0.25, 0.3) is 22.2 Å². The third-order valence-electron chi connectivity index (χ3n) is 4.77. The molecule has 2 heterocycles. The van der Waals surface area contributed by atoms with Crippen molar-refractivity contribution >= 4 is 28.8 Å². The Bertz CT molecular complexity index is 869. The third kappa shape index (κ3) is 2.65. The lowest BCUT2D eigenvalue weighted by atomic mass is 9.93. The Labute approximate surface area is 145 Å². The van der Waals surface area contributed by atoms with Crippen LogP contribution in [0.15, 0.2) is 36.8 Å². The SMILES string of the molecule is CSNCc1cccc(-c2cn(C3CCC3)c3ncnc(N)c23)c1. The summed E-state index contributed by atoms with van der Waals surface area (Å²) in [5.74, 6) is 0.556. The first-order chi connectivity index (χ1) is 11.8. The van der Waals surface area contributed by atoms with Gasteiger partial charge in [-0.15, -0.1) is 0 Å². The first kappa shape index (κ1) is 15.5. The highest BCUT2D eigenvalue weighted by Crippen LogP contribution is 2.39. The van der Waals surface area contributed by atoms with Crippen molar-refractivity contribution in [1.82, 2.24) is 19.3 Å². The van der Waals surface area contributed by atoms with Gasteiger partial charge in [-0.1, -0.05) is 30.1 Å². The summed E-state index contributed by atoms with van der Waals surface area (Å²) in [6.07, 6.45) is 9.52. The molecular weight excluding hydrogens is 318 g/mol. The normalized spacial score (nSPS) is 14.9. The maximum atomic E-state index is 6.21. The number of nitrogen functional groups attached to an aromatic ring is 1. The van der Waals surface area contributed by atoms with Gasteiger partial charge in [-0.05, 0) is 42.7 Å². The molecular formula is C18H21N5S. The molecule has 0 radical (unpaired) electrons. The van der Waals surface area contributed by atoms with Crippen LogP contribution in [0.4, 0.5) is 5.82 Å². The molecule has 2 aromatic heterocycles. The van der Waals surface area contributed by atoms with Crippen molar-refractivity contribution < 1.29 is 0 Å². The second-order valence-corrected chi connectivity index (χ2v) is 6.91. The third-order valence-corrected chi connectivity index (χ3v) is 5.20. The first-order valence-electron chi connectivity index (χ1n) is 8.24. The number of hydrogen-bond acceptors (Lipinski definition) is 5. The average molecular weight is 339 g/mol. The molecule has 1 fully saturated rings. The van der Waals surface area contributed by atoms with Gasteiger partial charge >= 0.3 is 0 Å². The van der Waals surface area contributed by atoms with E-state index in [1.807, 2.05) is 6.26 Å². The number of aromatic nitrogens is 3. The average Bonchev–Trinajstić information content (AvgIpc) is 2.93. The highest BCUT2D eigenvalue weighted by atomic mass is 32.2. The van der Waals surface area contributed by atoms with Crippen LogP contribution in [-0.2, 0) is 6.54 Å². The molecule has 0 bridgehead atoms. The Morgan fingerprint density at radius 2 is 2.21 bits per heavy atom. The van der Waals surface area contributed by atoms with E-state index in [0.717, 1.165) is 23.1 Å². The zero-order chi connectivity index (χ0) is 16.5. The Kier molecular flexibility index (Phi) is 4.16. The summed E-state index contributed by atoms with van der Waals surface area (Å²) < 4.78 is 5.59. The van der Waals surface area contributed by atoms with Crippen LogP contribution >= 0.6 is 11.9 Å². The van der Waals surface area contributed by atoms with Gasteiger partial charge in [0.25, 0.3) is 0 Å². The molecule has 6 heteroatoms. The van der Waals surface area contributed by atoms with Gasteiger partial charge in [0.05, 0.1) is 5.39 Å². The van der Waals surface area contributed by atoms with Crippen LogP contribution in [0.3, 0.4) is 0 Å². The topological polar surface area (TPSA) is 68.8 Å². The molecule has 5 nitrogen and oxygen atoms in total. The Balaban J connectivity index is 1.84. The molecule has 1 aliphatic rings. The van der Waals surface area contributed by atoms with Crippen LogP contribution < -0.4 is 10.5 Å². The van der Waals surface area contributed by atoms with Crippen molar-refractivity contribution in [2.75, 3.05) is 12.0 Å². The predicted molar refractivity (Wildman–Crippen MR) is 101 cm³/mol. The van der Waals surface area contributed by atoms with Gasteiger partial charge in [0.15, 0.2) is 0 Å². The van der Waals surface area contributed by atoms with Gasteiger partial charge in [-0.25, -0.2) is 9.97 Å². The molecule has 24 heavy (non-hydrogen) atoms. The van der Waals surface area contributed by atoms with Crippen molar-refractivity contribution in [3.05, 3.63) is 42.4 Å². The summed E-state index contributed by atoms with van der Waals surface area (Å²) in [6, 6.07) is 9.12. The lowest BCUT2D eigenvalue weighted by Crippen LogP contribution is -2.16. The van der Waals surface area contributed by atoms with E-state index in [-0.39, 0.29) is 0 Å². The standard InChI is InChI=1S/C18H21N5S/c1-24-22-9-12-4-2-5-13(8-12)15-10-23(14-6-3-7-14)18-16(15)17(19)20-11-21-18/h2,4-5,8,10-11,14,22H,3,6-7,9H2,1H3,(H2,19,20,21). The van der Waals surface area contributed by atoms with Gasteiger partial charge in [-0.2, -0.15) is 0 Å². The van der Waals surface area contributed by atoms with Gasteiger partial charge in [0, 0.05) is 24.3 Å². The number of rotatable bonds is 5. The maximum Gasteiger partial charge on any atom is 0.146 e. The number of fused-ring (bicyclic) bond motifs is 1. The minimum Gasteiger partial charge on any atom is -0.383 e. The second-order valence-electron chi connectivity index (χ2n) is 6.22. The molecule has 1 aliphatic carbocycles. The van der Waals surface area contributed by atoms with Crippen molar-refractivity contribution in [2.45, 2.75) is 31.8 Å². The highest BCUT2D eigenvalue weighted by Gasteiger charge is 2.24. The number of anilines is 1. The van der Waals surface area contributed by atoms with E-state index in [1.54, 1.807) is 18.3 Å². The molecule has 4 rings (SSSR count). The van der Waals surface area contributed by atoms with Crippen LogP contribution in [-0.4, -0.2) is 20.8 Å². The summed E-state index contributed by atoms with van der Waals surface area (Å²) >= 11 is 1.63. The van der Waals surface area contributed by atoms with E-state index in [1.165, 1.54) is 30.4 Å². The predicted octanol–water partition coefficient (Wildman–Crippen LogP) is 3.77. The first-order valence-corrected chi connectivity index (χ1v) is 9.46. The van der Waals surface area contributed by atoms with Gasteiger partial charge < -0.3 is 10.3 Å². The van der Waals surface area contributed by atoms with E-state index >= 15 is 0 Å². The number of nitrogens with one attached hydrogen (secondary N) is 1. The molecule has 1 aromatic carbocycles. The zero-order valence-electron chi connectivity index (χ0n) is 13.7. The van der Waals surface area contributed by atoms with Crippen molar-refractivity contribution in [3.63, 3.8) is 0 Å². The van der Waals surface area contributed by atoms with E-state index in [4.69, 9.17) is 5.73 Å². The van der Waals surface area contributed by atoms with E-state index in [9.17, 15) is 0 Å². The van der Waals surface area contributed by atoms with Gasteiger partial charge in [0.2, 0.25) is 0 Å². The summed E-state index contributed by atoms with van der Waals surface area (Å²) in [4.78, 5) is 8.74.